The molecule has 20 heavy (non-hydrogen) atoms. The summed E-state index contributed by atoms with van der Waals surface area (Å²) >= 11 is 0. The Morgan fingerprint density at radius 3 is 2.65 bits per heavy atom. The standard InChI is InChI=1S/C14H21N3O3/c1-10(2)7-12(13(18)19)16-14(20)17(3)9-11-5-4-6-15-8-11/h4-6,8,10,12H,7,9H2,1-3H3,(H,16,20)(H,18,19). The van der Waals surface area contributed by atoms with E-state index < -0.39 is 18.0 Å². The highest BCUT2D eigenvalue weighted by molar-refractivity contribution is 5.82. The van der Waals surface area contributed by atoms with Crippen molar-refractivity contribution in [3.63, 3.8) is 0 Å². The van der Waals surface area contributed by atoms with E-state index in [1.54, 1.807) is 25.5 Å². The van der Waals surface area contributed by atoms with Crippen LogP contribution in [0.4, 0.5) is 4.79 Å². The Bertz CT molecular complexity index is 448. The lowest BCUT2D eigenvalue weighted by Crippen LogP contribution is -2.47. The number of nitrogens with one attached hydrogen (secondary N) is 1. The second-order valence-corrected chi connectivity index (χ2v) is 5.19. The molecule has 2 amide bonds. The van der Waals surface area contributed by atoms with Crippen LogP contribution in [0.15, 0.2) is 24.5 Å². The second-order valence-electron chi connectivity index (χ2n) is 5.19. The lowest BCUT2D eigenvalue weighted by Gasteiger charge is -2.22. The Morgan fingerprint density at radius 1 is 1.45 bits per heavy atom. The number of carbonyl (C=O) groups excluding carboxylic acids is 1. The van der Waals surface area contributed by atoms with Gasteiger partial charge in [-0.3, -0.25) is 4.98 Å². The third-order valence-electron chi connectivity index (χ3n) is 2.79. The Balaban J connectivity index is 2.57. The molecule has 6 nitrogen and oxygen atoms in total. The molecule has 0 saturated carbocycles. The van der Waals surface area contributed by atoms with Crippen LogP contribution < -0.4 is 5.32 Å². The number of carboxylic acids is 1. The van der Waals surface area contributed by atoms with Gasteiger partial charge in [0.15, 0.2) is 0 Å². The molecule has 1 atom stereocenters. The monoisotopic (exact) mass is 279 g/mol. The fraction of sp³-hybridized carbons (Fsp3) is 0.500. The minimum Gasteiger partial charge on any atom is -0.480 e. The summed E-state index contributed by atoms with van der Waals surface area (Å²) in [6.45, 7) is 4.22. The summed E-state index contributed by atoms with van der Waals surface area (Å²) in [6.07, 6.45) is 3.74. The van der Waals surface area contributed by atoms with Gasteiger partial charge in [-0.05, 0) is 24.0 Å². The Morgan fingerprint density at radius 2 is 2.15 bits per heavy atom. The van der Waals surface area contributed by atoms with Crippen LogP contribution in [0.2, 0.25) is 0 Å². The van der Waals surface area contributed by atoms with Gasteiger partial charge >= 0.3 is 12.0 Å². The topological polar surface area (TPSA) is 82.5 Å². The maximum Gasteiger partial charge on any atom is 0.326 e. The van der Waals surface area contributed by atoms with Gasteiger partial charge in [0.05, 0.1) is 0 Å². The molecule has 1 aromatic rings. The highest BCUT2D eigenvalue weighted by Crippen LogP contribution is 2.06. The van der Waals surface area contributed by atoms with Gasteiger partial charge in [0, 0.05) is 26.0 Å². The largest absolute Gasteiger partial charge is 0.480 e. The van der Waals surface area contributed by atoms with Gasteiger partial charge in [0.25, 0.3) is 0 Å². The van der Waals surface area contributed by atoms with Crippen LogP contribution in [0, 0.1) is 5.92 Å². The van der Waals surface area contributed by atoms with Crippen LogP contribution in [-0.4, -0.2) is 40.1 Å². The first kappa shape index (κ1) is 15.9. The number of pyridine rings is 1. The molecule has 6 heteroatoms. The minimum atomic E-state index is -1.01. The minimum absolute atomic E-state index is 0.194. The number of hydrogen-bond donors (Lipinski definition) is 2. The van der Waals surface area contributed by atoms with Gasteiger partial charge in [-0.25, -0.2) is 9.59 Å². The third-order valence-corrected chi connectivity index (χ3v) is 2.79. The van der Waals surface area contributed by atoms with Crippen molar-refractivity contribution < 1.29 is 14.7 Å². The van der Waals surface area contributed by atoms with Gasteiger partial charge in [0.1, 0.15) is 6.04 Å². The molecular weight excluding hydrogens is 258 g/mol. The van der Waals surface area contributed by atoms with Crippen molar-refractivity contribution in [3.05, 3.63) is 30.1 Å². The maximum absolute atomic E-state index is 12.0. The molecule has 0 aliphatic heterocycles. The van der Waals surface area contributed by atoms with Gasteiger partial charge in [-0.1, -0.05) is 19.9 Å². The summed E-state index contributed by atoms with van der Waals surface area (Å²) in [4.78, 5) is 28.5. The molecule has 0 spiro atoms. The fourth-order valence-corrected chi connectivity index (χ4v) is 1.79. The average molecular weight is 279 g/mol. The van der Waals surface area contributed by atoms with Crippen LogP contribution in [0.1, 0.15) is 25.8 Å². The number of carboxylic acid groups (broad SMARTS) is 1. The van der Waals surface area contributed by atoms with E-state index >= 15 is 0 Å². The van der Waals surface area contributed by atoms with Crippen molar-refractivity contribution in [1.29, 1.82) is 0 Å². The number of hydrogen-bond acceptors (Lipinski definition) is 3. The van der Waals surface area contributed by atoms with E-state index in [4.69, 9.17) is 5.11 Å². The first-order valence-corrected chi connectivity index (χ1v) is 6.53. The van der Waals surface area contributed by atoms with E-state index in [-0.39, 0.29) is 5.92 Å². The van der Waals surface area contributed by atoms with Crippen LogP contribution >= 0.6 is 0 Å². The van der Waals surface area contributed by atoms with Crippen LogP contribution in [0.3, 0.4) is 0 Å². The number of rotatable bonds is 6. The number of carbonyl (C=O) groups is 2. The summed E-state index contributed by atoms with van der Waals surface area (Å²) in [5.41, 5.74) is 0.890. The smallest absolute Gasteiger partial charge is 0.326 e. The predicted octanol–water partition coefficient (Wildman–Crippen LogP) is 1.72. The number of amides is 2. The maximum atomic E-state index is 12.0. The molecule has 0 radical (unpaired) electrons. The molecule has 0 aliphatic rings. The highest BCUT2D eigenvalue weighted by Gasteiger charge is 2.22. The SMILES string of the molecule is CC(C)CC(NC(=O)N(C)Cc1cccnc1)C(=O)O. The van der Waals surface area contributed by atoms with E-state index in [0.29, 0.717) is 13.0 Å². The zero-order valence-electron chi connectivity index (χ0n) is 12.0. The van der Waals surface area contributed by atoms with Gasteiger partial charge < -0.3 is 15.3 Å². The van der Waals surface area contributed by atoms with Crippen molar-refractivity contribution in [2.45, 2.75) is 32.9 Å². The summed E-state index contributed by atoms with van der Waals surface area (Å²) < 4.78 is 0. The van der Waals surface area contributed by atoms with Crippen molar-refractivity contribution in [3.8, 4) is 0 Å². The number of nitrogens with zero attached hydrogens (tertiary/aromatic N) is 2. The molecule has 0 fully saturated rings. The zero-order valence-corrected chi connectivity index (χ0v) is 12.0. The summed E-state index contributed by atoms with van der Waals surface area (Å²) in [7, 11) is 1.62. The molecule has 0 aliphatic carbocycles. The number of urea groups is 1. The van der Waals surface area contributed by atoms with E-state index in [2.05, 4.69) is 10.3 Å². The molecule has 1 aromatic heterocycles. The van der Waals surface area contributed by atoms with E-state index in [1.165, 1.54) is 4.90 Å². The molecule has 0 bridgehead atoms. The lowest BCUT2D eigenvalue weighted by atomic mass is 10.0. The van der Waals surface area contributed by atoms with E-state index in [9.17, 15) is 9.59 Å². The molecule has 110 valence electrons. The Kier molecular flexibility index (Phi) is 5.96. The quantitative estimate of drug-likeness (QED) is 0.830. The van der Waals surface area contributed by atoms with Crippen LogP contribution in [0.5, 0.6) is 0 Å². The summed E-state index contributed by atoms with van der Waals surface area (Å²) in [5.74, 6) is -0.818. The second kappa shape index (κ2) is 7.47. The first-order valence-electron chi connectivity index (χ1n) is 6.53. The average Bonchev–Trinajstić information content (AvgIpc) is 2.38. The highest BCUT2D eigenvalue weighted by atomic mass is 16.4. The van der Waals surface area contributed by atoms with Gasteiger partial charge in [-0.15, -0.1) is 0 Å². The van der Waals surface area contributed by atoms with Crippen LogP contribution in [-0.2, 0) is 11.3 Å². The lowest BCUT2D eigenvalue weighted by molar-refractivity contribution is -0.139. The summed E-state index contributed by atoms with van der Waals surface area (Å²) in [6, 6.07) is 2.39. The summed E-state index contributed by atoms with van der Waals surface area (Å²) in [5, 5.41) is 11.6. The molecule has 2 N–H and O–H groups in total. The number of aliphatic carboxylic acids is 1. The molecule has 1 heterocycles. The molecule has 0 aromatic carbocycles. The van der Waals surface area contributed by atoms with Crippen molar-refractivity contribution in [2.24, 2.45) is 5.92 Å². The van der Waals surface area contributed by atoms with Crippen molar-refractivity contribution >= 4 is 12.0 Å². The normalized spacial score (nSPS) is 12.0. The van der Waals surface area contributed by atoms with Crippen molar-refractivity contribution in [2.75, 3.05) is 7.05 Å². The number of aromatic nitrogens is 1. The van der Waals surface area contributed by atoms with Crippen molar-refractivity contribution in [1.82, 2.24) is 15.2 Å². The molecule has 0 saturated heterocycles. The van der Waals surface area contributed by atoms with Crippen LogP contribution in [0.25, 0.3) is 0 Å². The van der Waals surface area contributed by atoms with Gasteiger partial charge in [-0.2, -0.15) is 0 Å². The molecular formula is C14H21N3O3. The van der Waals surface area contributed by atoms with E-state index in [1.807, 2.05) is 19.9 Å². The van der Waals surface area contributed by atoms with E-state index in [0.717, 1.165) is 5.56 Å². The fourth-order valence-electron chi connectivity index (χ4n) is 1.79. The predicted molar refractivity (Wildman–Crippen MR) is 75.1 cm³/mol. The molecule has 1 unspecified atom stereocenters. The Labute approximate surface area is 118 Å². The van der Waals surface area contributed by atoms with Gasteiger partial charge in [0.2, 0.25) is 0 Å². The zero-order chi connectivity index (χ0) is 15.1. The first-order chi connectivity index (χ1) is 9.40. The third kappa shape index (κ3) is 5.26. The Hall–Kier alpha value is -2.11. The molecule has 1 rings (SSSR count).